The van der Waals surface area contributed by atoms with Crippen molar-refractivity contribution in [2.45, 2.75) is 25.7 Å². The second-order valence-corrected chi connectivity index (χ2v) is 4.99. The predicted molar refractivity (Wildman–Crippen MR) is 81.9 cm³/mol. The molecule has 1 N–H and O–H groups in total. The quantitative estimate of drug-likeness (QED) is 0.870. The summed E-state index contributed by atoms with van der Waals surface area (Å²) in [6.07, 6.45) is 4.42. The Morgan fingerprint density at radius 3 is 2.53 bits per heavy atom. The molecule has 1 fully saturated rings. The second-order valence-electron chi connectivity index (χ2n) is 4.99. The smallest absolute Gasteiger partial charge is 0.228 e. The standard InChI is InChI=1S/C15H22N2O.ClH/c1-16-11-10-15(18)17(12-13-6-5-7-13)14-8-3-2-4-9-14;/h2-4,8-9,13,16H,5-7,10-12H2,1H3;1H. The Kier molecular flexibility index (Phi) is 6.89. The van der Waals surface area contributed by atoms with E-state index in [-0.39, 0.29) is 18.3 Å². The first-order valence-electron chi connectivity index (χ1n) is 6.81. The van der Waals surface area contributed by atoms with Crippen molar-refractivity contribution in [2.75, 3.05) is 25.0 Å². The molecule has 0 heterocycles. The van der Waals surface area contributed by atoms with E-state index in [1.807, 2.05) is 42.3 Å². The first-order chi connectivity index (χ1) is 8.81. The van der Waals surface area contributed by atoms with Gasteiger partial charge in [-0.1, -0.05) is 24.6 Å². The Balaban J connectivity index is 0.00000180. The van der Waals surface area contributed by atoms with Gasteiger partial charge in [-0.2, -0.15) is 0 Å². The van der Waals surface area contributed by atoms with Crippen LogP contribution in [-0.4, -0.2) is 26.0 Å². The van der Waals surface area contributed by atoms with Crippen LogP contribution in [0.3, 0.4) is 0 Å². The van der Waals surface area contributed by atoms with Gasteiger partial charge in [0.1, 0.15) is 0 Å². The van der Waals surface area contributed by atoms with Crippen molar-refractivity contribution in [1.82, 2.24) is 5.32 Å². The van der Waals surface area contributed by atoms with Crippen molar-refractivity contribution in [2.24, 2.45) is 5.92 Å². The molecule has 1 aliphatic rings. The highest BCUT2D eigenvalue weighted by atomic mass is 35.5. The van der Waals surface area contributed by atoms with Crippen LogP contribution >= 0.6 is 12.4 Å². The van der Waals surface area contributed by atoms with Gasteiger partial charge in [-0.25, -0.2) is 0 Å². The molecular formula is C15H23ClN2O. The molecule has 1 aromatic rings. The van der Waals surface area contributed by atoms with Crippen LogP contribution in [0.4, 0.5) is 5.69 Å². The molecule has 4 heteroatoms. The molecule has 0 saturated heterocycles. The summed E-state index contributed by atoms with van der Waals surface area (Å²) in [6.45, 7) is 1.62. The minimum absolute atomic E-state index is 0. The molecule has 3 nitrogen and oxygen atoms in total. The maximum absolute atomic E-state index is 12.3. The molecular weight excluding hydrogens is 260 g/mol. The van der Waals surface area contributed by atoms with Crippen LogP contribution < -0.4 is 10.2 Å². The van der Waals surface area contributed by atoms with Crippen LogP contribution in [0.15, 0.2) is 30.3 Å². The van der Waals surface area contributed by atoms with Gasteiger partial charge in [0.15, 0.2) is 0 Å². The van der Waals surface area contributed by atoms with Gasteiger partial charge >= 0.3 is 0 Å². The van der Waals surface area contributed by atoms with Crippen molar-refractivity contribution >= 4 is 24.0 Å². The van der Waals surface area contributed by atoms with Gasteiger partial charge in [0.05, 0.1) is 0 Å². The maximum atomic E-state index is 12.3. The fourth-order valence-corrected chi connectivity index (χ4v) is 2.26. The SMILES string of the molecule is CNCCC(=O)N(CC1CCC1)c1ccccc1.Cl. The summed E-state index contributed by atoms with van der Waals surface area (Å²) in [7, 11) is 1.88. The zero-order valence-electron chi connectivity index (χ0n) is 11.5. The summed E-state index contributed by atoms with van der Waals surface area (Å²) in [5, 5.41) is 3.04. The fourth-order valence-electron chi connectivity index (χ4n) is 2.26. The van der Waals surface area contributed by atoms with Crippen molar-refractivity contribution in [3.63, 3.8) is 0 Å². The number of halogens is 1. The Bertz CT molecular complexity index is 379. The third-order valence-electron chi connectivity index (χ3n) is 3.62. The molecule has 1 amide bonds. The monoisotopic (exact) mass is 282 g/mol. The summed E-state index contributed by atoms with van der Waals surface area (Å²) in [4.78, 5) is 14.2. The molecule has 0 atom stereocenters. The molecule has 19 heavy (non-hydrogen) atoms. The predicted octanol–water partition coefficient (Wildman–Crippen LogP) is 2.85. The van der Waals surface area contributed by atoms with Crippen LogP contribution in [0.1, 0.15) is 25.7 Å². The van der Waals surface area contributed by atoms with Crippen LogP contribution in [-0.2, 0) is 4.79 Å². The first-order valence-corrected chi connectivity index (χ1v) is 6.81. The third-order valence-corrected chi connectivity index (χ3v) is 3.62. The van der Waals surface area contributed by atoms with Gasteiger partial charge in [0.25, 0.3) is 0 Å². The highest BCUT2D eigenvalue weighted by Crippen LogP contribution is 2.29. The molecule has 0 aromatic heterocycles. The number of anilines is 1. The normalized spacial score (nSPS) is 14.4. The lowest BCUT2D eigenvalue weighted by Crippen LogP contribution is -2.38. The Labute approximate surface area is 121 Å². The zero-order valence-corrected chi connectivity index (χ0v) is 12.3. The van der Waals surface area contributed by atoms with E-state index >= 15 is 0 Å². The van der Waals surface area contributed by atoms with Crippen LogP contribution in [0.2, 0.25) is 0 Å². The average Bonchev–Trinajstić information content (AvgIpc) is 2.36. The van der Waals surface area contributed by atoms with Gasteiger partial charge in [-0.05, 0) is 37.9 Å². The van der Waals surface area contributed by atoms with Crippen molar-refractivity contribution < 1.29 is 4.79 Å². The van der Waals surface area contributed by atoms with E-state index in [1.54, 1.807) is 0 Å². The highest BCUT2D eigenvalue weighted by Gasteiger charge is 2.24. The molecule has 1 aliphatic carbocycles. The van der Waals surface area contributed by atoms with E-state index < -0.39 is 0 Å². The first kappa shape index (κ1) is 16.0. The van der Waals surface area contributed by atoms with Gasteiger partial charge in [0, 0.05) is 25.2 Å². The van der Waals surface area contributed by atoms with E-state index in [0.29, 0.717) is 12.3 Å². The largest absolute Gasteiger partial charge is 0.319 e. The maximum Gasteiger partial charge on any atom is 0.228 e. The summed E-state index contributed by atoms with van der Waals surface area (Å²) in [5.41, 5.74) is 1.03. The number of nitrogens with zero attached hydrogens (tertiary/aromatic N) is 1. The Hall–Kier alpha value is -1.06. The highest BCUT2D eigenvalue weighted by molar-refractivity contribution is 5.93. The summed E-state index contributed by atoms with van der Waals surface area (Å²) < 4.78 is 0. The number of hydrogen-bond donors (Lipinski definition) is 1. The number of amides is 1. The molecule has 0 bridgehead atoms. The van der Waals surface area contributed by atoms with Gasteiger partial charge in [0.2, 0.25) is 5.91 Å². The Morgan fingerprint density at radius 2 is 2.00 bits per heavy atom. The average molecular weight is 283 g/mol. The van der Waals surface area contributed by atoms with Crippen molar-refractivity contribution in [1.29, 1.82) is 0 Å². The molecule has 0 radical (unpaired) electrons. The number of hydrogen-bond acceptors (Lipinski definition) is 2. The van der Waals surface area contributed by atoms with Crippen LogP contribution in [0.5, 0.6) is 0 Å². The molecule has 1 aromatic carbocycles. The lowest BCUT2D eigenvalue weighted by molar-refractivity contribution is -0.118. The van der Waals surface area contributed by atoms with E-state index in [2.05, 4.69) is 5.32 Å². The van der Waals surface area contributed by atoms with Gasteiger partial charge in [-0.3, -0.25) is 4.79 Å². The minimum atomic E-state index is 0. The minimum Gasteiger partial charge on any atom is -0.319 e. The topological polar surface area (TPSA) is 32.3 Å². The van der Waals surface area contributed by atoms with E-state index in [9.17, 15) is 4.79 Å². The number of nitrogens with one attached hydrogen (secondary N) is 1. The van der Waals surface area contributed by atoms with E-state index in [1.165, 1.54) is 19.3 Å². The summed E-state index contributed by atoms with van der Waals surface area (Å²) >= 11 is 0. The molecule has 0 spiro atoms. The summed E-state index contributed by atoms with van der Waals surface area (Å²) in [6, 6.07) is 10.0. The lowest BCUT2D eigenvalue weighted by atomic mass is 9.85. The number of rotatable bonds is 6. The van der Waals surface area contributed by atoms with Gasteiger partial charge in [-0.15, -0.1) is 12.4 Å². The molecule has 0 unspecified atom stereocenters. The number of benzene rings is 1. The second kappa shape index (κ2) is 8.18. The van der Waals surface area contributed by atoms with Crippen LogP contribution in [0.25, 0.3) is 0 Å². The van der Waals surface area contributed by atoms with E-state index in [4.69, 9.17) is 0 Å². The van der Waals surface area contributed by atoms with E-state index in [0.717, 1.165) is 18.8 Å². The summed E-state index contributed by atoms with van der Waals surface area (Å²) in [5.74, 6) is 0.922. The molecule has 106 valence electrons. The fraction of sp³-hybridized carbons (Fsp3) is 0.533. The Morgan fingerprint density at radius 1 is 1.32 bits per heavy atom. The molecule has 2 rings (SSSR count). The van der Waals surface area contributed by atoms with Crippen LogP contribution in [0, 0.1) is 5.92 Å². The number of para-hydroxylation sites is 1. The lowest BCUT2D eigenvalue weighted by Gasteiger charge is -2.32. The van der Waals surface area contributed by atoms with Gasteiger partial charge < -0.3 is 10.2 Å². The van der Waals surface area contributed by atoms with Crippen molar-refractivity contribution in [3.05, 3.63) is 30.3 Å². The van der Waals surface area contributed by atoms with Crippen molar-refractivity contribution in [3.8, 4) is 0 Å². The molecule has 0 aliphatic heterocycles. The number of carbonyl (C=O) groups excluding carboxylic acids is 1. The third kappa shape index (κ3) is 4.51. The zero-order chi connectivity index (χ0) is 12.8. The number of carbonyl (C=O) groups is 1. The molecule has 1 saturated carbocycles.